The van der Waals surface area contributed by atoms with E-state index in [0.29, 0.717) is 29.8 Å². The molecular formula is C19H22N6O. The quantitative estimate of drug-likeness (QED) is 0.756. The Morgan fingerprint density at radius 2 is 2.04 bits per heavy atom. The number of hydrogen-bond donors (Lipinski definition) is 1. The molecule has 7 heteroatoms. The van der Waals surface area contributed by atoms with Crippen LogP contribution in [0, 0.1) is 5.92 Å². The van der Waals surface area contributed by atoms with Crippen LogP contribution >= 0.6 is 0 Å². The predicted octanol–water partition coefficient (Wildman–Crippen LogP) is 3.70. The van der Waals surface area contributed by atoms with Crippen LogP contribution in [0.4, 0.5) is 5.69 Å². The van der Waals surface area contributed by atoms with Crippen molar-refractivity contribution in [1.82, 2.24) is 24.7 Å². The first-order valence-electron chi connectivity index (χ1n) is 8.93. The van der Waals surface area contributed by atoms with Crippen molar-refractivity contribution in [3.05, 3.63) is 55.4 Å². The third kappa shape index (κ3) is 3.82. The average Bonchev–Trinajstić information content (AvgIpc) is 3.19. The summed E-state index contributed by atoms with van der Waals surface area (Å²) in [5.41, 5.74) is 1.02. The minimum absolute atomic E-state index is 0.295. The van der Waals surface area contributed by atoms with Crippen molar-refractivity contribution >= 4 is 5.69 Å². The van der Waals surface area contributed by atoms with Gasteiger partial charge in [-0.2, -0.15) is 5.10 Å². The minimum Gasteiger partial charge on any atom is -0.424 e. The van der Waals surface area contributed by atoms with Gasteiger partial charge in [0.25, 0.3) is 0 Å². The van der Waals surface area contributed by atoms with E-state index < -0.39 is 0 Å². The van der Waals surface area contributed by atoms with E-state index in [1.807, 2.05) is 29.2 Å². The second-order valence-corrected chi connectivity index (χ2v) is 6.77. The Morgan fingerprint density at radius 1 is 1.15 bits per heavy atom. The van der Waals surface area contributed by atoms with E-state index in [4.69, 9.17) is 4.74 Å². The van der Waals surface area contributed by atoms with Crippen LogP contribution in [0.5, 0.6) is 11.8 Å². The Labute approximate surface area is 152 Å². The van der Waals surface area contributed by atoms with Gasteiger partial charge in [0.2, 0.25) is 0 Å². The zero-order valence-electron chi connectivity index (χ0n) is 14.7. The molecule has 0 amide bonds. The summed E-state index contributed by atoms with van der Waals surface area (Å²) in [4.78, 5) is 12.3. The highest BCUT2D eigenvalue weighted by Crippen LogP contribution is 2.34. The Balaban J connectivity index is 1.50. The molecule has 0 saturated heterocycles. The topological polar surface area (TPSA) is 77.8 Å². The molecule has 4 rings (SSSR count). The maximum Gasteiger partial charge on any atom is 0.321 e. The predicted molar refractivity (Wildman–Crippen MR) is 98.0 cm³/mol. The van der Waals surface area contributed by atoms with Gasteiger partial charge < -0.3 is 10.1 Å². The lowest BCUT2D eigenvalue weighted by Gasteiger charge is -2.35. The largest absolute Gasteiger partial charge is 0.424 e. The highest BCUT2D eigenvalue weighted by atomic mass is 16.5. The third-order valence-corrected chi connectivity index (χ3v) is 4.79. The molecular weight excluding hydrogens is 328 g/mol. The van der Waals surface area contributed by atoms with Crippen LogP contribution in [0.15, 0.2) is 55.4 Å². The number of nitrogens with zero attached hydrogens (tertiary/aromatic N) is 5. The maximum absolute atomic E-state index is 5.73. The molecule has 0 radical (unpaired) electrons. The minimum atomic E-state index is 0.295. The van der Waals surface area contributed by atoms with Crippen LogP contribution < -0.4 is 10.1 Å². The number of hydrogen-bond acceptors (Lipinski definition) is 6. The van der Waals surface area contributed by atoms with Gasteiger partial charge in [-0.1, -0.05) is 13.0 Å². The molecule has 3 atom stereocenters. The van der Waals surface area contributed by atoms with Crippen LogP contribution in [0.25, 0.3) is 0 Å². The number of benzene rings is 1. The Bertz CT molecular complexity index is 823. The van der Waals surface area contributed by atoms with Gasteiger partial charge >= 0.3 is 6.01 Å². The summed E-state index contributed by atoms with van der Waals surface area (Å²) in [7, 11) is 0. The fraction of sp³-hybridized carbons (Fsp3) is 0.368. The lowest BCUT2D eigenvalue weighted by atomic mass is 9.83. The molecule has 2 aromatic heterocycles. The van der Waals surface area contributed by atoms with Gasteiger partial charge in [-0.3, -0.25) is 0 Å². The van der Waals surface area contributed by atoms with E-state index in [2.05, 4.69) is 38.4 Å². The number of anilines is 1. The van der Waals surface area contributed by atoms with Crippen molar-refractivity contribution in [2.45, 2.75) is 38.3 Å². The monoisotopic (exact) mass is 350 g/mol. The lowest BCUT2D eigenvalue weighted by molar-refractivity contribution is 0.244. The molecule has 2 heterocycles. The van der Waals surface area contributed by atoms with Crippen LogP contribution in [-0.4, -0.2) is 30.8 Å². The second-order valence-electron chi connectivity index (χ2n) is 6.77. The van der Waals surface area contributed by atoms with Crippen LogP contribution in [0.2, 0.25) is 0 Å². The molecule has 26 heavy (non-hydrogen) atoms. The number of rotatable bonds is 5. The van der Waals surface area contributed by atoms with Crippen LogP contribution in [0.1, 0.15) is 32.2 Å². The maximum atomic E-state index is 5.73. The molecule has 1 aliphatic carbocycles. The highest BCUT2D eigenvalue weighted by molar-refractivity contribution is 5.49. The number of nitrogens with one attached hydrogen (secondary N) is 1. The van der Waals surface area contributed by atoms with Crippen molar-refractivity contribution in [1.29, 1.82) is 0 Å². The van der Waals surface area contributed by atoms with Crippen molar-refractivity contribution in [2.75, 3.05) is 5.32 Å². The first-order chi connectivity index (χ1) is 12.8. The molecule has 3 aromatic rings. The summed E-state index contributed by atoms with van der Waals surface area (Å²) in [6.07, 6.45) is 10.1. The Morgan fingerprint density at radius 3 is 2.85 bits per heavy atom. The van der Waals surface area contributed by atoms with Crippen LogP contribution in [-0.2, 0) is 0 Å². The zero-order chi connectivity index (χ0) is 17.8. The van der Waals surface area contributed by atoms with E-state index in [-0.39, 0.29) is 0 Å². The number of aromatic nitrogens is 5. The molecule has 7 nitrogen and oxygen atoms in total. The van der Waals surface area contributed by atoms with E-state index in [9.17, 15) is 0 Å². The number of ether oxygens (including phenoxy) is 1. The summed E-state index contributed by atoms with van der Waals surface area (Å²) in [6, 6.07) is 10.6. The molecule has 0 aliphatic heterocycles. The normalized spacial score (nSPS) is 22.7. The van der Waals surface area contributed by atoms with E-state index >= 15 is 0 Å². The lowest BCUT2D eigenvalue weighted by Crippen LogP contribution is -2.36. The van der Waals surface area contributed by atoms with Crippen LogP contribution in [0.3, 0.4) is 0 Å². The van der Waals surface area contributed by atoms with Gasteiger partial charge in [-0.25, -0.2) is 19.6 Å². The summed E-state index contributed by atoms with van der Waals surface area (Å²) in [5.74, 6) is 1.40. The smallest absolute Gasteiger partial charge is 0.321 e. The molecule has 134 valence electrons. The van der Waals surface area contributed by atoms with Crippen molar-refractivity contribution in [3.63, 3.8) is 0 Å². The average molecular weight is 350 g/mol. The fourth-order valence-electron chi connectivity index (χ4n) is 3.51. The van der Waals surface area contributed by atoms with Gasteiger partial charge in [0, 0.05) is 30.2 Å². The second kappa shape index (κ2) is 7.51. The summed E-state index contributed by atoms with van der Waals surface area (Å²) >= 11 is 0. The highest BCUT2D eigenvalue weighted by Gasteiger charge is 2.30. The molecule has 1 aromatic carbocycles. The zero-order valence-corrected chi connectivity index (χ0v) is 14.7. The SMILES string of the molecule is CC1CCC(Nc2cccc(Oc3ncccn3)c2)C(n2cncn2)C1. The molecule has 0 bridgehead atoms. The van der Waals surface area contributed by atoms with Gasteiger partial charge in [-0.15, -0.1) is 0 Å². The first kappa shape index (κ1) is 16.5. The fourth-order valence-corrected chi connectivity index (χ4v) is 3.51. The molecule has 0 spiro atoms. The van der Waals surface area contributed by atoms with Gasteiger partial charge in [-0.05, 0) is 43.4 Å². The summed E-state index contributed by atoms with van der Waals surface area (Å²) < 4.78 is 7.71. The summed E-state index contributed by atoms with van der Waals surface area (Å²) in [5, 5.41) is 8.02. The van der Waals surface area contributed by atoms with Gasteiger partial charge in [0.05, 0.1) is 6.04 Å². The Kier molecular flexibility index (Phi) is 4.77. The van der Waals surface area contributed by atoms with Gasteiger partial charge in [0.15, 0.2) is 0 Å². The van der Waals surface area contributed by atoms with Crippen molar-refractivity contribution in [3.8, 4) is 11.8 Å². The standard InChI is InChI=1S/C19H22N6O/c1-14-6-7-17(18(10-14)25-13-20-12-23-25)24-15-4-2-5-16(11-15)26-19-21-8-3-9-22-19/h2-5,8-9,11-14,17-18,24H,6-7,10H2,1H3. The van der Waals surface area contributed by atoms with E-state index in [0.717, 1.165) is 18.5 Å². The van der Waals surface area contributed by atoms with Crippen molar-refractivity contribution < 1.29 is 4.74 Å². The summed E-state index contributed by atoms with van der Waals surface area (Å²) in [6.45, 7) is 2.30. The van der Waals surface area contributed by atoms with Crippen molar-refractivity contribution in [2.24, 2.45) is 5.92 Å². The van der Waals surface area contributed by atoms with E-state index in [1.54, 1.807) is 24.8 Å². The third-order valence-electron chi connectivity index (χ3n) is 4.79. The Hall–Kier alpha value is -2.96. The molecule has 1 saturated carbocycles. The first-order valence-corrected chi connectivity index (χ1v) is 8.93. The molecule has 1 aliphatic rings. The molecule has 1 N–H and O–H groups in total. The molecule has 3 unspecified atom stereocenters. The van der Waals surface area contributed by atoms with Gasteiger partial charge in [0.1, 0.15) is 18.4 Å². The molecule has 1 fully saturated rings. The van der Waals surface area contributed by atoms with E-state index in [1.165, 1.54) is 6.42 Å².